The van der Waals surface area contributed by atoms with Crippen LogP contribution in [-0.2, 0) is 14.6 Å². The number of sulfone groups is 1. The van der Waals surface area contributed by atoms with E-state index in [1.165, 1.54) is 20.1 Å². The van der Waals surface area contributed by atoms with Crippen LogP contribution in [0, 0.1) is 0 Å². The Kier molecular flexibility index (Phi) is 4.15. The summed E-state index contributed by atoms with van der Waals surface area (Å²) < 4.78 is 28.0. The molecule has 104 valence electrons. The molecule has 0 aliphatic rings. The zero-order valence-corrected chi connectivity index (χ0v) is 11.4. The number of amides is 1. The molecule has 1 aromatic carbocycles. The molecule has 0 radical (unpaired) electrons. The molecule has 0 fully saturated rings. The van der Waals surface area contributed by atoms with Crippen molar-refractivity contribution in [3.63, 3.8) is 0 Å². The number of hydrogen-bond acceptors (Lipinski definition) is 5. The molecule has 0 aromatic heterocycles. The van der Waals surface area contributed by atoms with Crippen molar-refractivity contribution in [2.24, 2.45) is 0 Å². The second-order valence-electron chi connectivity index (χ2n) is 3.81. The summed E-state index contributed by atoms with van der Waals surface area (Å²) in [5.41, 5.74) is -0.347. The first-order valence-corrected chi connectivity index (χ1v) is 6.99. The maximum Gasteiger partial charge on any atom is 0.337 e. The maximum atomic E-state index is 11.6. The summed E-state index contributed by atoms with van der Waals surface area (Å²) in [6, 6.07) is 2.13. The van der Waals surface area contributed by atoms with Gasteiger partial charge in [0.1, 0.15) is 10.6 Å². The molecule has 1 rings (SSSR count). The first-order chi connectivity index (χ1) is 8.66. The van der Waals surface area contributed by atoms with E-state index in [4.69, 9.17) is 9.84 Å². The van der Waals surface area contributed by atoms with Gasteiger partial charge >= 0.3 is 5.97 Å². The smallest absolute Gasteiger partial charge is 0.337 e. The van der Waals surface area contributed by atoms with Crippen LogP contribution in [0.25, 0.3) is 0 Å². The third kappa shape index (κ3) is 3.44. The molecule has 0 bridgehead atoms. The molecular formula is C11H13NO6S. The molecule has 1 aromatic rings. The number of ether oxygens (including phenoxy) is 1. The summed E-state index contributed by atoms with van der Waals surface area (Å²) in [6.07, 6.45) is 0.939. The Morgan fingerprint density at radius 1 is 1.32 bits per heavy atom. The lowest BCUT2D eigenvalue weighted by Gasteiger charge is -2.12. The summed E-state index contributed by atoms with van der Waals surface area (Å²) >= 11 is 0. The SMILES string of the molecule is COc1cc(NC(C)=O)c(C(=O)O)cc1S(C)(=O)=O. The minimum absolute atomic E-state index is 0.0238. The Morgan fingerprint density at radius 2 is 1.89 bits per heavy atom. The zero-order valence-electron chi connectivity index (χ0n) is 10.6. The van der Waals surface area contributed by atoms with Crippen molar-refractivity contribution in [1.29, 1.82) is 0 Å². The number of methoxy groups -OCH3 is 1. The quantitative estimate of drug-likeness (QED) is 0.845. The Balaban J connectivity index is 3.60. The Labute approximate surface area is 110 Å². The van der Waals surface area contributed by atoms with Gasteiger partial charge < -0.3 is 15.2 Å². The van der Waals surface area contributed by atoms with E-state index >= 15 is 0 Å². The van der Waals surface area contributed by atoms with Crippen LogP contribution in [0.3, 0.4) is 0 Å². The van der Waals surface area contributed by atoms with Gasteiger partial charge in [0.25, 0.3) is 0 Å². The van der Waals surface area contributed by atoms with Gasteiger partial charge in [-0.3, -0.25) is 4.79 Å². The number of anilines is 1. The summed E-state index contributed by atoms with van der Waals surface area (Å²) in [7, 11) is -2.40. The maximum absolute atomic E-state index is 11.6. The molecule has 8 heteroatoms. The molecule has 1 amide bonds. The van der Waals surface area contributed by atoms with Crippen LogP contribution >= 0.6 is 0 Å². The van der Waals surface area contributed by atoms with Gasteiger partial charge in [-0.1, -0.05) is 0 Å². The molecule has 0 atom stereocenters. The van der Waals surface area contributed by atoms with Gasteiger partial charge in [0.15, 0.2) is 9.84 Å². The lowest BCUT2D eigenvalue weighted by atomic mass is 10.1. The summed E-state index contributed by atoms with van der Waals surface area (Å²) in [5.74, 6) is -1.86. The van der Waals surface area contributed by atoms with Crippen molar-refractivity contribution < 1.29 is 27.9 Å². The van der Waals surface area contributed by atoms with Gasteiger partial charge in [-0.25, -0.2) is 13.2 Å². The van der Waals surface area contributed by atoms with Crippen molar-refractivity contribution in [3.8, 4) is 5.75 Å². The van der Waals surface area contributed by atoms with E-state index in [1.807, 2.05) is 0 Å². The second-order valence-corrected chi connectivity index (χ2v) is 5.79. The van der Waals surface area contributed by atoms with E-state index in [9.17, 15) is 18.0 Å². The molecule has 0 unspecified atom stereocenters. The fraction of sp³-hybridized carbons (Fsp3) is 0.273. The number of carbonyl (C=O) groups excluding carboxylic acids is 1. The number of nitrogens with one attached hydrogen (secondary N) is 1. The summed E-state index contributed by atoms with van der Waals surface area (Å²) in [6.45, 7) is 1.21. The predicted molar refractivity (Wildman–Crippen MR) is 67.4 cm³/mol. The topological polar surface area (TPSA) is 110 Å². The van der Waals surface area contributed by atoms with Gasteiger partial charge in [0.2, 0.25) is 5.91 Å². The van der Waals surface area contributed by atoms with Gasteiger partial charge in [-0.2, -0.15) is 0 Å². The molecule has 0 saturated heterocycles. The Bertz CT molecular complexity index is 635. The molecule has 0 spiro atoms. The monoisotopic (exact) mass is 287 g/mol. The highest BCUT2D eigenvalue weighted by molar-refractivity contribution is 7.90. The Hall–Kier alpha value is -2.09. The van der Waals surface area contributed by atoms with E-state index in [1.54, 1.807) is 0 Å². The average molecular weight is 287 g/mol. The molecule has 0 saturated carbocycles. The number of rotatable bonds is 4. The van der Waals surface area contributed by atoms with Crippen molar-refractivity contribution in [1.82, 2.24) is 0 Å². The van der Waals surface area contributed by atoms with Crippen LogP contribution in [0.1, 0.15) is 17.3 Å². The summed E-state index contributed by atoms with van der Waals surface area (Å²) in [5, 5.41) is 11.4. The second kappa shape index (κ2) is 5.27. The number of carboxylic acids is 1. The molecule has 7 nitrogen and oxygen atoms in total. The van der Waals surface area contributed by atoms with Crippen LogP contribution in [0.2, 0.25) is 0 Å². The molecule has 0 aliphatic carbocycles. The molecule has 19 heavy (non-hydrogen) atoms. The predicted octanol–water partition coefficient (Wildman–Crippen LogP) is 0.755. The normalized spacial score (nSPS) is 10.9. The van der Waals surface area contributed by atoms with Crippen LogP contribution in [0.4, 0.5) is 5.69 Å². The standard InChI is InChI=1S/C11H13NO6S/c1-6(13)12-8-5-9(18-2)10(19(3,16)17)4-7(8)11(14)15/h4-5H,1-3H3,(H,12,13)(H,14,15). The number of benzene rings is 1. The van der Waals surface area contributed by atoms with Crippen molar-refractivity contribution in [3.05, 3.63) is 17.7 Å². The van der Waals surface area contributed by atoms with Crippen LogP contribution in [0.15, 0.2) is 17.0 Å². The van der Waals surface area contributed by atoms with E-state index in [0.29, 0.717) is 0 Å². The highest BCUT2D eigenvalue weighted by atomic mass is 32.2. The lowest BCUT2D eigenvalue weighted by Crippen LogP contribution is -2.13. The van der Waals surface area contributed by atoms with Crippen LogP contribution in [-0.4, -0.2) is 38.8 Å². The number of aromatic carboxylic acids is 1. The van der Waals surface area contributed by atoms with E-state index in [0.717, 1.165) is 12.3 Å². The molecule has 2 N–H and O–H groups in total. The van der Waals surface area contributed by atoms with Crippen molar-refractivity contribution >= 4 is 27.4 Å². The highest BCUT2D eigenvalue weighted by Gasteiger charge is 2.21. The first kappa shape index (κ1) is 15.0. The molecular weight excluding hydrogens is 274 g/mol. The van der Waals surface area contributed by atoms with Crippen LogP contribution in [0.5, 0.6) is 5.75 Å². The third-order valence-electron chi connectivity index (χ3n) is 2.24. The first-order valence-electron chi connectivity index (χ1n) is 5.09. The summed E-state index contributed by atoms with van der Waals surface area (Å²) in [4.78, 5) is 21.9. The number of carbonyl (C=O) groups is 2. The Morgan fingerprint density at radius 3 is 2.26 bits per heavy atom. The van der Waals surface area contributed by atoms with E-state index in [-0.39, 0.29) is 21.9 Å². The third-order valence-corrected chi connectivity index (χ3v) is 3.36. The molecule has 0 aliphatic heterocycles. The van der Waals surface area contributed by atoms with Crippen molar-refractivity contribution in [2.75, 3.05) is 18.7 Å². The van der Waals surface area contributed by atoms with Gasteiger partial charge in [-0.15, -0.1) is 0 Å². The fourth-order valence-electron chi connectivity index (χ4n) is 1.48. The lowest BCUT2D eigenvalue weighted by molar-refractivity contribution is -0.114. The zero-order chi connectivity index (χ0) is 14.8. The minimum atomic E-state index is -3.65. The minimum Gasteiger partial charge on any atom is -0.495 e. The average Bonchev–Trinajstić information content (AvgIpc) is 2.25. The van der Waals surface area contributed by atoms with E-state index < -0.39 is 21.7 Å². The van der Waals surface area contributed by atoms with Gasteiger partial charge in [0.05, 0.1) is 18.4 Å². The largest absolute Gasteiger partial charge is 0.495 e. The van der Waals surface area contributed by atoms with Gasteiger partial charge in [-0.05, 0) is 6.07 Å². The number of hydrogen-bond donors (Lipinski definition) is 2. The van der Waals surface area contributed by atoms with Crippen molar-refractivity contribution in [2.45, 2.75) is 11.8 Å². The van der Waals surface area contributed by atoms with Gasteiger partial charge in [0, 0.05) is 19.2 Å². The fourth-order valence-corrected chi connectivity index (χ4v) is 2.32. The van der Waals surface area contributed by atoms with E-state index in [2.05, 4.69) is 5.32 Å². The molecule has 0 heterocycles. The highest BCUT2D eigenvalue weighted by Crippen LogP contribution is 2.30. The van der Waals surface area contributed by atoms with Crippen LogP contribution < -0.4 is 10.1 Å². The number of carboxylic acid groups (broad SMARTS) is 1.